The number of aromatic nitrogens is 1. The van der Waals surface area contributed by atoms with Crippen LogP contribution in [0.4, 0.5) is 10.1 Å². The van der Waals surface area contributed by atoms with Crippen LogP contribution in [0.5, 0.6) is 11.5 Å². The first kappa shape index (κ1) is 24.2. The van der Waals surface area contributed by atoms with Gasteiger partial charge in [-0.3, -0.25) is 0 Å². The van der Waals surface area contributed by atoms with Gasteiger partial charge in [0.05, 0.1) is 24.8 Å². The highest BCUT2D eigenvalue weighted by atomic mass is 127. The van der Waals surface area contributed by atoms with Crippen LogP contribution in [0.3, 0.4) is 0 Å². The van der Waals surface area contributed by atoms with E-state index in [4.69, 9.17) is 14.5 Å². The molecule has 0 saturated carbocycles. The third kappa shape index (κ3) is 7.06. The summed E-state index contributed by atoms with van der Waals surface area (Å²) in [7, 11) is 0. The summed E-state index contributed by atoms with van der Waals surface area (Å²) in [5, 5.41) is 7.69. The Hall–Kier alpha value is -2.40. The maximum absolute atomic E-state index is 13.4. The first-order valence-corrected chi connectivity index (χ1v) is 11.1. The van der Waals surface area contributed by atoms with Crippen molar-refractivity contribution in [1.82, 2.24) is 10.3 Å². The first-order chi connectivity index (χ1) is 15.2. The lowest BCUT2D eigenvalue weighted by Gasteiger charge is -2.14. The zero-order valence-electron chi connectivity index (χ0n) is 17.8. The summed E-state index contributed by atoms with van der Waals surface area (Å²) >= 11 is 1.63. The van der Waals surface area contributed by atoms with Gasteiger partial charge < -0.3 is 20.1 Å². The van der Waals surface area contributed by atoms with Gasteiger partial charge in [-0.1, -0.05) is 12.1 Å². The van der Waals surface area contributed by atoms with Gasteiger partial charge in [-0.25, -0.2) is 14.4 Å². The highest BCUT2D eigenvalue weighted by molar-refractivity contribution is 14.0. The van der Waals surface area contributed by atoms with E-state index in [0.29, 0.717) is 38.7 Å². The topological polar surface area (TPSA) is 67.8 Å². The molecule has 32 heavy (non-hydrogen) atoms. The standard InChI is InChI=1S/C23H25FN4O2S.HI/c1-16-26-14-20(31-16)15-27-23(25-9-8-17-4-2-5-18(24)12-17)28-19-6-7-21-22(13-19)30-11-3-10-29-21;/h2,4-7,12-14H,3,8-11,15H2,1H3,(H2,25,27,28);1H. The maximum Gasteiger partial charge on any atom is 0.196 e. The van der Waals surface area contributed by atoms with Crippen LogP contribution in [0, 0.1) is 12.7 Å². The molecule has 1 aliphatic heterocycles. The van der Waals surface area contributed by atoms with Crippen LogP contribution in [0.1, 0.15) is 21.9 Å². The Labute approximate surface area is 208 Å². The predicted molar refractivity (Wildman–Crippen MR) is 137 cm³/mol. The van der Waals surface area contributed by atoms with Crippen LogP contribution in [-0.2, 0) is 13.0 Å². The van der Waals surface area contributed by atoms with E-state index in [2.05, 4.69) is 15.6 Å². The molecule has 0 fully saturated rings. The van der Waals surface area contributed by atoms with E-state index in [9.17, 15) is 4.39 Å². The Morgan fingerprint density at radius 2 is 2.00 bits per heavy atom. The maximum atomic E-state index is 13.4. The van der Waals surface area contributed by atoms with Crippen molar-refractivity contribution in [2.75, 3.05) is 25.1 Å². The summed E-state index contributed by atoms with van der Waals surface area (Å²) < 4.78 is 24.9. The molecular weight excluding hydrogens is 542 g/mol. The molecule has 0 unspecified atom stereocenters. The van der Waals surface area contributed by atoms with Gasteiger partial charge in [0.15, 0.2) is 17.5 Å². The minimum absolute atomic E-state index is 0. The average molecular weight is 568 g/mol. The fourth-order valence-corrected chi connectivity index (χ4v) is 3.89. The Morgan fingerprint density at radius 3 is 2.78 bits per heavy atom. The number of rotatable bonds is 6. The second kappa shape index (κ2) is 12.0. The van der Waals surface area contributed by atoms with E-state index < -0.39 is 0 Å². The molecule has 0 amide bonds. The van der Waals surface area contributed by atoms with Crippen LogP contribution in [-0.4, -0.2) is 30.7 Å². The van der Waals surface area contributed by atoms with E-state index in [1.54, 1.807) is 23.5 Å². The summed E-state index contributed by atoms with van der Waals surface area (Å²) in [5.41, 5.74) is 1.78. The van der Waals surface area contributed by atoms with Gasteiger partial charge in [0.1, 0.15) is 5.82 Å². The highest BCUT2D eigenvalue weighted by Crippen LogP contribution is 2.32. The molecular formula is C23H26FIN4O2S. The SMILES string of the molecule is Cc1ncc(CN=C(NCCc2cccc(F)c2)Nc2ccc3c(c2)OCCCO3)s1.I. The van der Waals surface area contributed by atoms with E-state index in [1.807, 2.05) is 37.4 Å². The molecule has 2 aromatic carbocycles. The van der Waals surface area contributed by atoms with Crippen molar-refractivity contribution in [2.24, 2.45) is 4.99 Å². The number of benzene rings is 2. The summed E-state index contributed by atoms with van der Waals surface area (Å²) in [5.74, 6) is 1.88. The number of thiazole rings is 1. The average Bonchev–Trinajstić information content (AvgIpc) is 3.03. The minimum atomic E-state index is -0.225. The summed E-state index contributed by atoms with van der Waals surface area (Å²) in [6.07, 6.45) is 3.39. The Morgan fingerprint density at radius 1 is 1.16 bits per heavy atom. The van der Waals surface area contributed by atoms with E-state index >= 15 is 0 Å². The van der Waals surface area contributed by atoms with Crippen LogP contribution >= 0.6 is 35.3 Å². The number of aliphatic imine (C=N–C) groups is 1. The Bertz CT molecular complexity index is 1060. The third-order valence-electron chi connectivity index (χ3n) is 4.67. The van der Waals surface area contributed by atoms with Crippen LogP contribution < -0.4 is 20.1 Å². The molecule has 1 aliphatic rings. The fourth-order valence-electron chi connectivity index (χ4n) is 3.17. The number of nitrogens with zero attached hydrogens (tertiary/aromatic N) is 2. The number of aryl methyl sites for hydroxylation is 1. The summed E-state index contributed by atoms with van der Waals surface area (Å²) in [4.78, 5) is 10.1. The van der Waals surface area contributed by atoms with Gasteiger partial charge in [-0.15, -0.1) is 35.3 Å². The summed E-state index contributed by atoms with van der Waals surface area (Å²) in [6.45, 7) is 4.40. The first-order valence-electron chi connectivity index (χ1n) is 10.3. The number of ether oxygens (including phenoxy) is 2. The number of fused-ring (bicyclic) bond motifs is 1. The van der Waals surface area contributed by atoms with Crippen molar-refractivity contribution >= 4 is 47.0 Å². The molecule has 1 aromatic heterocycles. The number of hydrogen-bond acceptors (Lipinski definition) is 5. The molecule has 0 radical (unpaired) electrons. The Kier molecular flexibility index (Phi) is 9.10. The molecule has 9 heteroatoms. The fraction of sp³-hybridized carbons (Fsp3) is 0.304. The number of halogens is 2. The zero-order chi connectivity index (χ0) is 21.5. The van der Waals surface area contributed by atoms with Crippen molar-refractivity contribution in [2.45, 2.75) is 26.3 Å². The number of guanidine groups is 1. The smallest absolute Gasteiger partial charge is 0.196 e. The van der Waals surface area contributed by atoms with Gasteiger partial charge in [0.25, 0.3) is 0 Å². The molecule has 0 atom stereocenters. The monoisotopic (exact) mass is 568 g/mol. The lowest BCUT2D eigenvalue weighted by Crippen LogP contribution is -2.32. The molecule has 2 heterocycles. The van der Waals surface area contributed by atoms with E-state index in [0.717, 1.165) is 39.1 Å². The molecule has 0 saturated heterocycles. The van der Waals surface area contributed by atoms with Crippen molar-refractivity contribution < 1.29 is 13.9 Å². The minimum Gasteiger partial charge on any atom is -0.490 e. The molecule has 6 nitrogen and oxygen atoms in total. The van der Waals surface area contributed by atoms with Crippen LogP contribution in [0.2, 0.25) is 0 Å². The van der Waals surface area contributed by atoms with Crippen LogP contribution in [0.25, 0.3) is 0 Å². The molecule has 0 aliphatic carbocycles. The van der Waals surface area contributed by atoms with Crippen LogP contribution in [0.15, 0.2) is 53.7 Å². The molecule has 0 spiro atoms. The van der Waals surface area contributed by atoms with Gasteiger partial charge in [-0.05, 0) is 43.2 Å². The van der Waals surface area contributed by atoms with Gasteiger partial charge >= 0.3 is 0 Å². The largest absolute Gasteiger partial charge is 0.490 e. The van der Waals surface area contributed by atoms with Crippen molar-refractivity contribution in [3.8, 4) is 11.5 Å². The molecule has 170 valence electrons. The number of anilines is 1. The predicted octanol–water partition coefficient (Wildman–Crippen LogP) is 5.17. The number of nitrogens with one attached hydrogen (secondary N) is 2. The van der Waals surface area contributed by atoms with E-state index in [-0.39, 0.29) is 29.8 Å². The van der Waals surface area contributed by atoms with Crippen molar-refractivity contribution in [1.29, 1.82) is 0 Å². The van der Waals surface area contributed by atoms with Gasteiger partial charge in [0, 0.05) is 35.8 Å². The summed E-state index contributed by atoms with van der Waals surface area (Å²) in [6, 6.07) is 12.4. The normalized spacial score (nSPS) is 13.1. The molecule has 2 N–H and O–H groups in total. The Balaban J connectivity index is 0.00000289. The highest BCUT2D eigenvalue weighted by Gasteiger charge is 2.11. The van der Waals surface area contributed by atoms with Gasteiger partial charge in [0.2, 0.25) is 0 Å². The second-order valence-electron chi connectivity index (χ2n) is 7.15. The van der Waals surface area contributed by atoms with Gasteiger partial charge in [-0.2, -0.15) is 0 Å². The number of hydrogen-bond donors (Lipinski definition) is 2. The van der Waals surface area contributed by atoms with Crippen molar-refractivity contribution in [3.63, 3.8) is 0 Å². The molecule has 3 aromatic rings. The lowest BCUT2D eigenvalue weighted by molar-refractivity contribution is 0.297. The third-order valence-corrected chi connectivity index (χ3v) is 5.57. The zero-order valence-corrected chi connectivity index (χ0v) is 20.9. The van der Waals surface area contributed by atoms with Crippen molar-refractivity contribution in [3.05, 3.63) is 69.9 Å². The lowest BCUT2D eigenvalue weighted by atomic mass is 10.1. The molecule has 4 rings (SSSR count). The van der Waals surface area contributed by atoms with E-state index in [1.165, 1.54) is 6.07 Å². The quantitative estimate of drug-likeness (QED) is 0.244. The molecule has 0 bridgehead atoms. The second-order valence-corrected chi connectivity index (χ2v) is 8.47.